The third-order valence-corrected chi connectivity index (χ3v) is 2.80. The van der Waals surface area contributed by atoms with Gasteiger partial charge in [-0.2, -0.15) is 13.2 Å². The molecule has 1 heterocycles. The Morgan fingerprint density at radius 3 is 2.53 bits per heavy atom. The molecule has 0 saturated heterocycles. The predicted octanol–water partition coefficient (Wildman–Crippen LogP) is 4.79. The Bertz CT molecular complexity index is 601. The van der Waals surface area contributed by atoms with Crippen LogP contribution in [0, 0.1) is 5.82 Å². The van der Waals surface area contributed by atoms with Crippen molar-refractivity contribution in [2.24, 2.45) is 0 Å². The van der Waals surface area contributed by atoms with Crippen molar-refractivity contribution < 1.29 is 22.3 Å². The normalized spacial score (nSPS) is 11.4. The highest BCUT2D eigenvalue weighted by Crippen LogP contribution is 2.35. The molecule has 0 atom stereocenters. The third-order valence-electron chi connectivity index (χ3n) is 2.21. The zero-order valence-corrected chi connectivity index (χ0v) is 10.8. The van der Waals surface area contributed by atoms with Crippen LogP contribution >= 0.6 is 15.9 Å². The Balaban J connectivity index is 2.35. The molecule has 0 N–H and O–H groups in total. The molecule has 0 aliphatic carbocycles. The number of alkyl halides is 3. The summed E-state index contributed by atoms with van der Waals surface area (Å²) >= 11 is 3.14. The fourth-order valence-electron chi connectivity index (χ4n) is 1.36. The van der Waals surface area contributed by atoms with E-state index in [4.69, 9.17) is 4.74 Å². The van der Waals surface area contributed by atoms with E-state index >= 15 is 0 Å². The third kappa shape index (κ3) is 3.23. The standard InChI is InChI=1S/C12H6BrF4NO/c13-9-6-18-4-3-11(9)19-7-1-2-10(14)8(5-7)12(15,16)17/h1-6H. The molecule has 1 aromatic heterocycles. The largest absolute Gasteiger partial charge is 0.456 e. The fraction of sp³-hybridized carbons (Fsp3) is 0.0833. The van der Waals surface area contributed by atoms with Crippen LogP contribution in [-0.2, 0) is 6.18 Å². The second-order valence-corrected chi connectivity index (χ2v) is 4.40. The molecule has 0 bridgehead atoms. The van der Waals surface area contributed by atoms with Crippen LogP contribution in [0.3, 0.4) is 0 Å². The van der Waals surface area contributed by atoms with Crippen molar-refractivity contribution in [1.29, 1.82) is 0 Å². The Kier molecular flexibility index (Phi) is 3.75. The zero-order chi connectivity index (χ0) is 14.0. The molecule has 0 unspecified atom stereocenters. The highest BCUT2D eigenvalue weighted by atomic mass is 79.9. The average Bonchev–Trinajstić information content (AvgIpc) is 2.33. The van der Waals surface area contributed by atoms with E-state index in [-0.39, 0.29) is 11.5 Å². The molecule has 2 nitrogen and oxygen atoms in total. The first-order valence-electron chi connectivity index (χ1n) is 5.02. The molecule has 100 valence electrons. The molecule has 7 heteroatoms. The second kappa shape index (κ2) is 5.16. The van der Waals surface area contributed by atoms with Crippen LogP contribution in [0.1, 0.15) is 5.56 Å². The van der Waals surface area contributed by atoms with Crippen molar-refractivity contribution in [3.05, 3.63) is 52.5 Å². The van der Waals surface area contributed by atoms with Crippen LogP contribution in [0.15, 0.2) is 41.1 Å². The zero-order valence-electron chi connectivity index (χ0n) is 9.21. The van der Waals surface area contributed by atoms with Gasteiger partial charge in [-0.15, -0.1) is 0 Å². The van der Waals surface area contributed by atoms with E-state index in [1.165, 1.54) is 18.5 Å². The van der Waals surface area contributed by atoms with Crippen molar-refractivity contribution in [3.63, 3.8) is 0 Å². The quantitative estimate of drug-likeness (QED) is 0.736. The summed E-state index contributed by atoms with van der Waals surface area (Å²) in [5.74, 6) is -1.16. The summed E-state index contributed by atoms with van der Waals surface area (Å²) in [6, 6.07) is 3.92. The van der Waals surface area contributed by atoms with Crippen molar-refractivity contribution in [3.8, 4) is 11.5 Å². The van der Waals surface area contributed by atoms with E-state index in [2.05, 4.69) is 20.9 Å². The molecule has 0 spiro atoms. The van der Waals surface area contributed by atoms with Crippen LogP contribution in [0.25, 0.3) is 0 Å². The number of ether oxygens (including phenoxy) is 1. The molecule has 0 fully saturated rings. The number of pyridine rings is 1. The average molecular weight is 336 g/mol. The van der Waals surface area contributed by atoms with Gasteiger partial charge in [0, 0.05) is 18.5 Å². The molecule has 0 aliphatic rings. The van der Waals surface area contributed by atoms with E-state index in [0.29, 0.717) is 16.6 Å². The number of benzene rings is 1. The second-order valence-electron chi connectivity index (χ2n) is 3.55. The number of nitrogens with zero attached hydrogens (tertiary/aromatic N) is 1. The predicted molar refractivity (Wildman–Crippen MR) is 63.4 cm³/mol. The van der Waals surface area contributed by atoms with Crippen molar-refractivity contribution in [2.75, 3.05) is 0 Å². The summed E-state index contributed by atoms with van der Waals surface area (Å²) in [5, 5.41) is 0. The summed E-state index contributed by atoms with van der Waals surface area (Å²) < 4.78 is 56.4. The van der Waals surface area contributed by atoms with E-state index in [1.807, 2.05) is 0 Å². The van der Waals surface area contributed by atoms with Crippen LogP contribution in [-0.4, -0.2) is 4.98 Å². The van der Waals surface area contributed by atoms with Gasteiger partial charge in [-0.25, -0.2) is 4.39 Å². The lowest BCUT2D eigenvalue weighted by atomic mass is 10.2. The minimum absolute atomic E-state index is 0.111. The lowest BCUT2D eigenvalue weighted by Gasteiger charge is -2.11. The van der Waals surface area contributed by atoms with Gasteiger partial charge < -0.3 is 4.74 Å². The highest BCUT2D eigenvalue weighted by Gasteiger charge is 2.34. The van der Waals surface area contributed by atoms with Crippen LogP contribution in [0.4, 0.5) is 17.6 Å². The number of hydrogen-bond donors (Lipinski definition) is 0. The molecular weight excluding hydrogens is 330 g/mol. The Morgan fingerprint density at radius 2 is 1.89 bits per heavy atom. The number of aromatic nitrogens is 1. The van der Waals surface area contributed by atoms with Crippen LogP contribution in [0.2, 0.25) is 0 Å². The fourth-order valence-corrected chi connectivity index (χ4v) is 1.69. The first-order chi connectivity index (χ1) is 8.88. The van der Waals surface area contributed by atoms with E-state index < -0.39 is 17.6 Å². The van der Waals surface area contributed by atoms with E-state index in [9.17, 15) is 17.6 Å². The van der Waals surface area contributed by atoms with E-state index in [1.54, 1.807) is 0 Å². The van der Waals surface area contributed by atoms with Gasteiger partial charge in [-0.3, -0.25) is 4.98 Å². The minimum atomic E-state index is -4.76. The van der Waals surface area contributed by atoms with Crippen LogP contribution in [0.5, 0.6) is 11.5 Å². The first kappa shape index (κ1) is 13.8. The van der Waals surface area contributed by atoms with Crippen molar-refractivity contribution in [1.82, 2.24) is 4.98 Å². The molecule has 0 radical (unpaired) electrons. The maximum atomic E-state index is 13.1. The number of rotatable bonds is 2. The van der Waals surface area contributed by atoms with Gasteiger partial charge in [0.1, 0.15) is 17.3 Å². The molecule has 0 aliphatic heterocycles. The van der Waals surface area contributed by atoms with Crippen LogP contribution < -0.4 is 4.74 Å². The minimum Gasteiger partial charge on any atom is -0.456 e. The monoisotopic (exact) mass is 335 g/mol. The molecule has 2 rings (SSSR count). The first-order valence-corrected chi connectivity index (χ1v) is 5.81. The van der Waals surface area contributed by atoms with E-state index in [0.717, 1.165) is 6.07 Å². The Labute approximate surface area is 114 Å². The lowest BCUT2D eigenvalue weighted by molar-refractivity contribution is -0.140. The van der Waals surface area contributed by atoms with Gasteiger partial charge >= 0.3 is 6.18 Å². The molecule has 19 heavy (non-hydrogen) atoms. The van der Waals surface area contributed by atoms with Gasteiger partial charge in [0.2, 0.25) is 0 Å². The Hall–Kier alpha value is -1.63. The lowest BCUT2D eigenvalue weighted by Crippen LogP contribution is -2.08. The maximum Gasteiger partial charge on any atom is 0.419 e. The van der Waals surface area contributed by atoms with Crippen molar-refractivity contribution in [2.45, 2.75) is 6.18 Å². The number of hydrogen-bond acceptors (Lipinski definition) is 2. The topological polar surface area (TPSA) is 22.1 Å². The molecule has 1 aromatic carbocycles. The summed E-state index contributed by atoms with van der Waals surface area (Å²) in [7, 11) is 0. The summed E-state index contributed by atoms with van der Waals surface area (Å²) in [6.07, 6.45) is -1.91. The van der Waals surface area contributed by atoms with Gasteiger partial charge in [-0.1, -0.05) is 0 Å². The number of halogens is 5. The molecule has 0 amide bonds. The molecular formula is C12H6BrF4NO. The SMILES string of the molecule is Fc1ccc(Oc2ccncc2Br)cc1C(F)(F)F. The summed E-state index contributed by atoms with van der Waals surface area (Å²) in [6.45, 7) is 0. The van der Waals surface area contributed by atoms with Gasteiger partial charge in [-0.05, 0) is 34.1 Å². The smallest absolute Gasteiger partial charge is 0.419 e. The molecule has 2 aromatic rings. The summed E-state index contributed by atoms with van der Waals surface area (Å²) in [5.41, 5.74) is -1.37. The Morgan fingerprint density at radius 1 is 1.16 bits per heavy atom. The highest BCUT2D eigenvalue weighted by molar-refractivity contribution is 9.10. The van der Waals surface area contributed by atoms with Gasteiger partial charge in [0.05, 0.1) is 10.0 Å². The van der Waals surface area contributed by atoms with Gasteiger partial charge in [0.25, 0.3) is 0 Å². The summed E-state index contributed by atoms with van der Waals surface area (Å²) in [4.78, 5) is 3.79. The van der Waals surface area contributed by atoms with Crippen molar-refractivity contribution >= 4 is 15.9 Å². The van der Waals surface area contributed by atoms with Gasteiger partial charge in [0.15, 0.2) is 0 Å². The molecule has 0 saturated carbocycles. The maximum absolute atomic E-state index is 13.1.